The highest BCUT2D eigenvalue weighted by Gasteiger charge is 2.09. The number of nitrogens with one attached hydrogen (secondary N) is 2. The molecule has 0 aromatic heterocycles. The molecule has 0 saturated carbocycles. The molecule has 0 aliphatic carbocycles. The lowest BCUT2D eigenvalue weighted by Crippen LogP contribution is -2.25. The molecule has 0 aliphatic rings. The highest BCUT2D eigenvalue weighted by Crippen LogP contribution is 2.12. The molecule has 0 heterocycles. The average molecular weight is 306 g/mol. The number of aliphatic carboxylic acids is 1. The van der Waals surface area contributed by atoms with Crippen molar-refractivity contribution in [1.29, 1.82) is 0 Å². The fraction of sp³-hybridized carbons (Fsp3) is 0.438. The molecule has 120 valence electrons. The monoisotopic (exact) mass is 306 g/mol. The van der Waals surface area contributed by atoms with Gasteiger partial charge in [0.15, 0.2) is 0 Å². The topological polar surface area (TPSA) is 95.5 Å². The second-order valence-corrected chi connectivity index (χ2v) is 5.24. The summed E-state index contributed by atoms with van der Waals surface area (Å²) in [7, 11) is 0. The molecule has 22 heavy (non-hydrogen) atoms. The maximum absolute atomic E-state index is 11.8. The molecule has 0 radical (unpaired) electrons. The molecule has 3 N–H and O–H groups in total. The van der Waals surface area contributed by atoms with E-state index in [1.54, 1.807) is 24.3 Å². The summed E-state index contributed by atoms with van der Waals surface area (Å²) in [5.41, 5.74) is 1.06. The van der Waals surface area contributed by atoms with Crippen molar-refractivity contribution in [1.82, 2.24) is 5.32 Å². The Morgan fingerprint density at radius 3 is 2.36 bits per heavy atom. The van der Waals surface area contributed by atoms with E-state index >= 15 is 0 Å². The van der Waals surface area contributed by atoms with Crippen LogP contribution in [0.3, 0.4) is 0 Å². The van der Waals surface area contributed by atoms with E-state index in [9.17, 15) is 14.4 Å². The number of hydrogen-bond acceptors (Lipinski definition) is 3. The van der Waals surface area contributed by atoms with Crippen molar-refractivity contribution < 1.29 is 19.5 Å². The number of rotatable bonds is 8. The van der Waals surface area contributed by atoms with Gasteiger partial charge in [0.05, 0.1) is 6.42 Å². The highest BCUT2D eigenvalue weighted by molar-refractivity contribution is 5.95. The average Bonchev–Trinajstić information content (AvgIpc) is 2.47. The van der Waals surface area contributed by atoms with Crippen LogP contribution >= 0.6 is 0 Å². The standard InChI is InChI=1S/C16H22N2O4/c1-3-11(2)10-14(19)18-13-6-4-12(5-7-13)16(22)17-9-8-15(20)21/h4-7,11H,3,8-10H2,1-2H3,(H,17,22)(H,18,19)(H,20,21). The van der Waals surface area contributed by atoms with Crippen molar-refractivity contribution in [2.75, 3.05) is 11.9 Å². The van der Waals surface area contributed by atoms with E-state index in [-0.39, 0.29) is 24.8 Å². The van der Waals surface area contributed by atoms with E-state index in [1.165, 1.54) is 0 Å². The first-order valence-electron chi connectivity index (χ1n) is 7.32. The number of hydrogen-bond donors (Lipinski definition) is 3. The van der Waals surface area contributed by atoms with Crippen LogP contribution in [0.5, 0.6) is 0 Å². The minimum Gasteiger partial charge on any atom is -0.481 e. The maximum Gasteiger partial charge on any atom is 0.305 e. The van der Waals surface area contributed by atoms with Gasteiger partial charge < -0.3 is 15.7 Å². The quantitative estimate of drug-likeness (QED) is 0.686. The van der Waals surface area contributed by atoms with Crippen LogP contribution in [0.25, 0.3) is 0 Å². The smallest absolute Gasteiger partial charge is 0.305 e. The Morgan fingerprint density at radius 1 is 1.18 bits per heavy atom. The molecule has 6 nitrogen and oxygen atoms in total. The Balaban J connectivity index is 2.50. The maximum atomic E-state index is 11.8. The SMILES string of the molecule is CCC(C)CC(=O)Nc1ccc(C(=O)NCCC(=O)O)cc1. The van der Waals surface area contributed by atoms with Gasteiger partial charge in [0, 0.05) is 24.2 Å². The molecular weight excluding hydrogens is 284 g/mol. The van der Waals surface area contributed by atoms with Gasteiger partial charge in [0.25, 0.3) is 5.91 Å². The lowest BCUT2D eigenvalue weighted by atomic mass is 10.0. The fourth-order valence-electron chi connectivity index (χ4n) is 1.76. The van der Waals surface area contributed by atoms with Gasteiger partial charge in [-0.05, 0) is 30.2 Å². The van der Waals surface area contributed by atoms with E-state index in [0.29, 0.717) is 23.6 Å². The predicted octanol–water partition coefficient (Wildman–Crippen LogP) is 2.27. The number of anilines is 1. The normalized spacial score (nSPS) is 11.5. The lowest BCUT2D eigenvalue weighted by Gasteiger charge is -2.10. The number of benzene rings is 1. The van der Waals surface area contributed by atoms with E-state index in [2.05, 4.69) is 10.6 Å². The zero-order valence-corrected chi connectivity index (χ0v) is 12.9. The molecule has 2 amide bonds. The molecule has 0 fully saturated rings. The minimum atomic E-state index is -0.959. The molecule has 1 unspecified atom stereocenters. The Kier molecular flexibility index (Phi) is 7.08. The first kappa shape index (κ1) is 17.7. The van der Waals surface area contributed by atoms with Crippen molar-refractivity contribution in [3.05, 3.63) is 29.8 Å². The van der Waals surface area contributed by atoms with Crippen molar-refractivity contribution >= 4 is 23.5 Å². The van der Waals surface area contributed by atoms with Gasteiger partial charge in [-0.15, -0.1) is 0 Å². The Hall–Kier alpha value is -2.37. The van der Waals surface area contributed by atoms with Crippen LogP contribution in [0, 0.1) is 5.92 Å². The number of carboxylic acid groups (broad SMARTS) is 1. The molecule has 0 spiro atoms. The van der Waals surface area contributed by atoms with E-state index in [1.807, 2.05) is 13.8 Å². The molecule has 0 saturated heterocycles. The lowest BCUT2D eigenvalue weighted by molar-refractivity contribution is -0.136. The third-order valence-electron chi connectivity index (χ3n) is 3.29. The van der Waals surface area contributed by atoms with Crippen LogP contribution in [0.1, 0.15) is 43.5 Å². The number of carboxylic acids is 1. The third kappa shape index (κ3) is 6.39. The number of amides is 2. The van der Waals surface area contributed by atoms with Gasteiger partial charge in [-0.3, -0.25) is 14.4 Å². The minimum absolute atomic E-state index is 0.0481. The molecular formula is C16H22N2O4. The summed E-state index contributed by atoms with van der Waals surface area (Å²) < 4.78 is 0. The summed E-state index contributed by atoms with van der Waals surface area (Å²) in [6, 6.07) is 6.49. The second kappa shape index (κ2) is 8.81. The van der Waals surface area contributed by atoms with Gasteiger partial charge in [-0.1, -0.05) is 20.3 Å². The van der Waals surface area contributed by atoms with Gasteiger partial charge in [0.1, 0.15) is 0 Å². The summed E-state index contributed by atoms with van der Waals surface area (Å²) in [6.45, 7) is 4.14. The molecule has 1 rings (SSSR count). The summed E-state index contributed by atoms with van der Waals surface area (Å²) >= 11 is 0. The third-order valence-corrected chi connectivity index (χ3v) is 3.29. The Morgan fingerprint density at radius 2 is 1.82 bits per heavy atom. The van der Waals surface area contributed by atoms with Crippen molar-refractivity contribution in [3.63, 3.8) is 0 Å². The molecule has 1 atom stereocenters. The van der Waals surface area contributed by atoms with Crippen LogP contribution in [0.15, 0.2) is 24.3 Å². The largest absolute Gasteiger partial charge is 0.481 e. The highest BCUT2D eigenvalue weighted by atomic mass is 16.4. The summed E-state index contributed by atoms with van der Waals surface area (Å²) in [5, 5.41) is 13.8. The van der Waals surface area contributed by atoms with Crippen molar-refractivity contribution in [3.8, 4) is 0 Å². The number of carbonyl (C=O) groups excluding carboxylic acids is 2. The predicted molar refractivity (Wildman–Crippen MR) is 83.7 cm³/mol. The van der Waals surface area contributed by atoms with E-state index in [0.717, 1.165) is 6.42 Å². The summed E-state index contributed by atoms with van der Waals surface area (Å²) in [6.07, 6.45) is 1.30. The van der Waals surface area contributed by atoms with Gasteiger partial charge in [-0.25, -0.2) is 0 Å². The first-order chi connectivity index (χ1) is 10.4. The zero-order valence-electron chi connectivity index (χ0n) is 12.9. The number of carbonyl (C=O) groups is 3. The van der Waals surface area contributed by atoms with E-state index < -0.39 is 5.97 Å². The second-order valence-electron chi connectivity index (χ2n) is 5.24. The van der Waals surface area contributed by atoms with Crippen LogP contribution in [-0.4, -0.2) is 29.4 Å². The Bertz CT molecular complexity index is 525. The van der Waals surface area contributed by atoms with Crippen LogP contribution in [0.2, 0.25) is 0 Å². The van der Waals surface area contributed by atoms with Gasteiger partial charge in [0.2, 0.25) is 5.91 Å². The molecule has 1 aromatic carbocycles. The van der Waals surface area contributed by atoms with Crippen LogP contribution < -0.4 is 10.6 Å². The zero-order chi connectivity index (χ0) is 16.5. The Labute approximate surface area is 129 Å². The van der Waals surface area contributed by atoms with Crippen LogP contribution in [-0.2, 0) is 9.59 Å². The van der Waals surface area contributed by atoms with Crippen LogP contribution in [0.4, 0.5) is 5.69 Å². The summed E-state index contributed by atoms with van der Waals surface area (Å²) in [4.78, 5) is 33.9. The van der Waals surface area contributed by atoms with E-state index in [4.69, 9.17) is 5.11 Å². The summed E-state index contributed by atoms with van der Waals surface area (Å²) in [5.74, 6) is -1.01. The first-order valence-corrected chi connectivity index (χ1v) is 7.32. The van der Waals surface area contributed by atoms with Crippen molar-refractivity contribution in [2.45, 2.75) is 33.1 Å². The van der Waals surface area contributed by atoms with Gasteiger partial charge >= 0.3 is 5.97 Å². The van der Waals surface area contributed by atoms with Crippen molar-refractivity contribution in [2.24, 2.45) is 5.92 Å². The molecule has 0 aliphatic heterocycles. The fourth-order valence-corrected chi connectivity index (χ4v) is 1.76. The van der Waals surface area contributed by atoms with Gasteiger partial charge in [-0.2, -0.15) is 0 Å². The molecule has 6 heteroatoms. The molecule has 1 aromatic rings. The molecule has 0 bridgehead atoms.